The molecule has 0 heterocycles. The molecular formula is C16H26. The van der Waals surface area contributed by atoms with E-state index < -0.39 is 0 Å². The van der Waals surface area contributed by atoms with Gasteiger partial charge in [-0.05, 0) is 50.4 Å². The molecule has 1 fully saturated rings. The second-order valence-corrected chi connectivity index (χ2v) is 5.47. The quantitative estimate of drug-likeness (QED) is 0.563. The zero-order valence-electron chi connectivity index (χ0n) is 10.8. The maximum atomic E-state index is 2.46. The molecule has 1 saturated carbocycles. The summed E-state index contributed by atoms with van der Waals surface area (Å²) in [6.07, 6.45) is 19.9. The average molecular weight is 218 g/mol. The van der Waals surface area contributed by atoms with E-state index in [2.05, 4.69) is 25.2 Å². The Morgan fingerprint density at radius 2 is 1.94 bits per heavy atom. The lowest BCUT2D eigenvalue weighted by Gasteiger charge is -2.15. The van der Waals surface area contributed by atoms with Crippen molar-refractivity contribution >= 4 is 0 Å². The monoisotopic (exact) mass is 218 g/mol. The highest BCUT2D eigenvalue weighted by atomic mass is 14.3. The molecule has 0 aromatic heterocycles. The standard InChI is InChI=1S/C16H26/c1-2-14-12-13-15-10-8-6-4-3-5-7-9-11-16(14)15/h7,9,11,14-15H,2-6,8,10,12-13H2,1H3/b9-7-,16-11-. The van der Waals surface area contributed by atoms with Crippen molar-refractivity contribution in [2.45, 2.75) is 64.7 Å². The smallest absolute Gasteiger partial charge is 0.0197 e. The lowest BCUT2D eigenvalue weighted by atomic mass is 9.91. The Hall–Kier alpha value is -0.520. The van der Waals surface area contributed by atoms with Crippen molar-refractivity contribution in [3.05, 3.63) is 23.8 Å². The highest BCUT2D eigenvalue weighted by molar-refractivity contribution is 5.21. The van der Waals surface area contributed by atoms with Crippen LogP contribution in [0.4, 0.5) is 0 Å². The molecule has 2 unspecified atom stereocenters. The molecule has 0 aromatic carbocycles. The molecule has 0 bridgehead atoms. The summed E-state index contributed by atoms with van der Waals surface area (Å²) in [6.45, 7) is 2.35. The first-order valence-electron chi connectivity index (χ1n) is 7.28. The maximum absolute atomic E-state index is 2.46. The second-order valence-electron chi connectivity index (χ2n) is 5.47. The van der Waals surface area contributed by atoms with Gasteiger partial charge in [-0.2, -0.15) is 0 Å². The summed E-state index contributed by atoms with van der Waals surface area (Å²) in [4.78, 5) is 0. The van der Waals surface area contributed by atoms with Gasteiger partial charge in [-0.3, -0.25) is 0 Å². The van der Waals surface area contributed by atoms with Gasteiger partial charge in [-0.25, -0.2) is 0 Å². The summed E-state index contributed by atoms with van der Waals surface area (Å²) in [5.74, 6) is 1.82. The van der Waals surface area contributed by atoms with Crippen molar-refractivity contribution in [2.75, 3.05) is 0 Å². The van der Waals surface area contributed by atoms with Gasteiger partial charge in [0.05, 0.1) is 0 Å². The van der Waals surface area contributed by atoms with E-state index in [4.69, 9.17) is 0 Å². The van der Waals surface area contributed by atoms with E-state index in [1.54, 1.807) is 5.57 Å². The van der Waals surface area contributed by atoms with Gasteiger partial charge in [0, 0.05) is 0 Å². The van der Waals surface area contributed by atoms with Crippen LogP contribution in [0.2, 0.25) is 0 Å². The molecule has 2 aliphatic rings. The van der Waals surface area contributed by atoms with Crippen LogP contribution >= 0.6 is 0 Å². The van der Waals surface area contributed by atoms with Crippen molar-refractivity contribution in [3.8, 4) is 0 Å². The molecule has 0 aliphatic heterocycles. The van der Waals surface area contributed by atoms with E-state index in [0.717, 1.165) is 11.8 Å². The number of rotatable bonds is 1. The third-order valence-electron chi connectivity index (χ3n) is 4.40. The van der Waals surface area contributed by atoms with E-state index in [1.807, 2.05) is 0 Å². The zero-order chi connectivity index (χ0) is 11.2. The van der Waals surface area contributed by atoms with E-state index >= 15 is 0 Å². The van der Waals surface area contributed by atoms with Crippen molar-refractivity contribution in [2.24, 2.45) is 11.8 Å². The van der Waals surface area contributed by atoms with Crippen molar-refractivity contribution in [3.63, 3.8) is 0 Å². The molecule has 0 heteroatoms. The van der Waals surface area contributed by atoms with Gasteiger partial charge in [0.15, 0.2) is 0 Å². The SMILES string of the molecule is CCC1CCC2CCCCCC/C=C\C=C\12. The predicted molar refractivity (Wildman–Crippen MR) is 71.4 cm³/mol. The molecule has 0 nitrogen and oxygen atoms in total. The first-order valence-corrected chi connectivity index (χ1v) is 7.28. The Bertz CT molecular complexity index is 259. The van der Waals surface area contributed by atoms with Gasteiger partial charge in [-0.1, -0.05) is 50.0 Å². The van der Waals surface area contributed by atoms with Crippen LogP contribution in [-0.2, 0) is 0 Å². The van der Waals surface area contributed by atoms with Crippen LogP contribution in [0.25, 0.3) is 0 Å². The second kappa shape index (κ2) is 6.27. The molecule has 0 spiro atoms. The number of allylic oxidation sites excluding steroid dienone is 4. The fraction of sp³-hybridized carbons (Fsp3) is 0.750. The summed E-state index contributed by atoms with van der Waals surface area (Å²) in [5.41, 5.74) is 1.78. The number of fused-ring (bicyclic) bond motifs is 1. The van der Waals surface area contributed by atoms with Gasteiger partial charge in [-0.15, -0.1) is 0 Å². The maximum Gasteiger partial charge on any atom is -0.0197 e. The molecule has 0 radical (unpaired) electrons. The Balaban J connectivity index is 2.06. The molecule has 0 N–H and O–H groups in total. The lowest BCUT2D eigenvalue weighted by Crippen LogP contribution is -2.01. The topological polar surface area (TPSA) is 0 Å². The third kappa shape index (κ3) is 2.99. The summed E-state index contributed by atoms with van der Waals surface area (Å²) >= 11 is 0. The van der Waals surface area contributed by atoms with Crippen molar-refractivity contribution < 1.29 is 0 Å². The van der Waals surface area contributed by atoms with Crippen molar-refractivity contribution in [1.29, 1.82) is 0 Å². The predicted octanol–water partition coefficient (Wildman–Crippen LogP) is 5.26. The van der Waals surface area contributed by atoms with Crippen LogP contribution in [0, 0.1) is 11.8 Å². The first kappa shape index (κ1) is 12.0. The van der Waals surface area contributed by atoms with E-state index in [-0.39, 0.29) is 0 Å². The molecule has 0 saturated heterocycles. The average Bonchev–Trinajstić information content (AvgIpc) is 2.66. The van der Waals surface area contributed by atoms with Crippen LogP contribution < -0.4 is 0 Å². The summed E-state index contributed by atoms with van der Waals surface area (Å²) in [5, 5.41) is 0. The van der Waals surface area contributed by atoms with Gasteiger partial charge >= 0.3 is 0 Å². The van der Waals surface area contributed by atoms with Crippen LogP contribution in [-0.4, -0.2) is 0 Å². The molecule has 90 valence electrons. The fourth-order valence-corrected chi connectivity index (χ4v) is 3.37. The first-order chi connectivity index (χ1) is 7.92. The van der Waals surface area contributed by atoms with Gasteiger partial charge < -0.3 is 0 Å². The summed E-state index contributed by atoms with van der Waals surface area (Å²) in [6, 6.07) is 0. The number of hydrogen-bond donors (Lipinski definition) is 0. The summed E-state index contributed by atoms with van der Waals surface area (Å²) in [7, 11) is 0. The van der Waals surface area contributed by atoms with Crippen LogP contribution in [0.5, 0.6) is 0 Å². The van der Waals surface area contributed by atoms with E-state index in [9.17, 15) is 0 Å². The molecule has 0 aromatic rings. The Morgan fingerprint density at radius 1 is 1.06 bits per heavy atom. The highest BCUT2D eigenvalue weighted by Gasteiger charge is 2.27. The minimum Gasteiger partial charge on any atom is -0.0845 e. The van der Waals surface area contributed by atoms with Crippen molar-refractivity contribution in [1.82, 2.24) is 0 Å². The van der Waals surface area contributed by atoms with Crippen LogP contribution in [0.15, 0.2) is 23.8 Å². The molecule has 2 rings (SSSR count). The minimum absolute atomic E-state index is 0.899. The zero-order valence-corrected chi connectivity index (χ0v) is 10.8. The fourth-order valence-electron chi connectivity index (χ4n) is 3.37. The molecule has 2 aliphatic carbocycles. The molecular weight excluding hydrogens is 192 g/mol. The van der Waals surface area contributed by atoms with Gasteiger partial charge in [0.2, 0.25) is 0 Å². The van der Waals surface area contributed by atoms with Gasteiger partial charge in [0.1, 0.15) is 0 Å². The number of hydrogen-bond acceptors (Lipinski definition) is 0. The largest absolute Gasteiger partial charge is 0.0845 e. The lowest BCUT2D eigenvalue weighted by molar-refractivity contribution is 0.515. The van der Waals surface area contributed by atoms with Crippen LogP contribution in [0.1, 0.15) is 64.7 Å². The van der Waals surface area contributed by atoms with E-state index in [0.29, 0.717) is 0 Å². The molecule has 16 heavy (non-hydrogen) atoms. The minimum atomic E-state index is 0.899. The summed E-state index contributed by atoms with van der Waals surface area (Å²) < 4.78 is 0. The molecule has 2 atom stereocenters. The molecule has 0 amide bonds. The van der Waals surface area contributed by atoms with Gasteiger partial charge in [0.25, 0.3) is 0 Å². The highest BCUT2D eigenvalue weighted by Crippen LogP contribution is 2.41. The van der Waals surface area contributed by atoms with Crippen LogP contribution in [0.3, 0.4) is 0 Å². The Kier molecular flexibility index (Phi) is 4.69. The van der Waals surface area contributed by atoms with E-state index in [1.165, 1.54) is 57.8 Å². The Labute approximate surface area is 101 Å². The Morgan fingerprint density at radius 3 is 2.81 bits per heavy atom. The third-order valence-corrected chi connectivity index (χ3v) is 4.40. The normalized spacial score (nSPS) is 36.9.